The van der Waals surface area contributed by atoms with Gasteiger partial charge in [0, 0.05) is 18.4 Å². The van der Waals surface area contributed by atoms with E-state index in [2.05, 4.69) is 5.16 Å². The fraction of sp³-hybridized carbons (Fsp3) is 0.200. The molecule has 1 aromatic heterocycles. The molecular formula is C20H18N2O4. The van der Waals surface area contributed by atoms with Crippen LogP contribution in [-0.4, -0.2) is 15.9 Å². The molecule has 1 atom stereocenters. The molecule has 6 heteroatoms. The lowest BCUT2D eigenvalue weighted by atomic mass is 9.88. The topological polar surface area (TPSA) is 86.2 Å². The van der Waals surface area contributed by atoms with Crippen LogP contribution in [0, 0.1) is 17.0 Å². The van der Waals surface area contributed by atoms with E-state index < -0.39 is 4.92 Å². The van der Waals surface area contributed by atoms with Gasteiger partial charge in [-0.15, -0.1) is 0 Å². The highest BCUT2D eigenvalue weighted by molar-refractivity contribution is 5.96. The van der Waals surface area contributed by atoms with Crippen LogP contribution < -0.4 is 0 Å². The summed E-state index contributed by atoms with van der Waals surface area (Å²) >= 11 is 0. The van der Waals surface area contributed by atoms with Crippen molar-refractivity contribution in [1.29, 1.82) is 0 Å². The molecule has 0 fully saturated rings. The molecule has 0 amide bonds. The predicted molar refractivity (Wildman–Crippen MR) is 96.2 cm³/mol. The number of Topliss-reactive ketones (excluding diaryl/α,β-unsaturated/α-hetero) is 1. The van der Waals surface area contributed by atoms with Crippen molar-refractivity contribution in [3.63, 3.8) is 0 Å². The van der Waals surface area contributed by atoms with Crippen LogP contribution in [0.4, 0.5) is 5.69 Å². The summed E-state index contributed by atoms with van der Waals surface area (Å²) in [6, 6.07) is 18.5. The van der Waals surface area contributed by atoms with Crippen LogP contribution in [0.1, 0.15) is 39.7 Å². The minimum Gasteiger partial charge on any atom is -0.354 e. The number of hydrogen-bond donors (Lipinski definition) is 0. The van der Waals surface area contributed by atoms with Gasteiger partial charge in [0.25, 0.3) is 0 Å². The zero-order valence-corrected chi connectivity index (χ0v) is 14.3. The molecule has 3 rings (SSSR count). The van der Waals surface area contributed by atoms with Crippen LogP contribution in [0.5, 0.6) is 0 Å². The fourth-order valence-corrected chi connectivity index (χ4v) is 3.00. The van der Waals surface area contributed by atoms with E-state index in [1.54, 1.807) is 12.1 Å². The summed E-state index contributed by atoms with van der Waals surface area (Å²) in [5, 5.41) is 15.0. The van der Waals surface area contributed by atoms with Gasteiger partial charge in [0.15, 0.2) is 11.5 Å². The lowest BCUT2D eigenvalue weighted by molar-refractivity contribution is -0.386. The number of aryl methyl sites for hydroxylation is 1. The van der Waals surface area contributed by atoms with Crippen molar-refractivity contribution in [3.05, 3.63) is 93.4 Å². The van der Waals surface area contributed by atoms with E-state index in [1.807, 2.05) is 48.5 Å². The number of nitro groups is 1. The third kappa shape index (κ3) is 3.85. The summed E-state index contributed by atoms with van der Waals surface area (Å²) in [7, 11) is 0. The van der Waals surface area contributed by atoms with Gasteiger partial charge >= 0.3 is 5.69 Å². The molecule has 0 saturated heterocycles. The maximum Gasteiger partial charge on any atom is 0.334 e. The first-order valence-corrected chi connectivity index (χ1v) is 8.29. The molecule has 0 radical (unpaired) electrons. The maximum atomic E-state index is 12.7. The summed E-state index contributed by atoms with van der Waals surface area (Å²) in [4.78, 5) is 23.5. The zero-order chi connectivity index (χ0) is 18.5. The van der Waals surface area contributed by atoms with Crippen molar-refractivity contribution in [2.45, 2.75) is 25.7 Å². The average molecular weight is 350 g/mol. The first-order valence-electron chi connectivity index (χ1n) is 8.29. The Balaban J connectivity index is 1.90. The van der Waals surface area contributed by atoms with Crippen LogP contribution in [-0.2, 0) is 6.42 Å². The Hall–Kier alpha value is -3.28. The molecule has 0 saturated carbocycles. The third-order valence-electron chi connectivity index (χ3n) is 4.31. The molecule has 6 nitrogen and oxygen atoms in total. The van der Waals surface area contributed by atoms with Crippen LogP contribution >= 0.6 is 0 Å². The van der Waals surface area contributed by atoms with Gasteiger partial charge < -0.3 is 4.52 Å². The number of benzene rings is 2. The Morgan fingerprint density at radius 2 is 1.73 bits per heavy atom. The minimum absolute atomic E-state index is 0.0154. The SMILES string of the molecule is Cc1noc(C[C@@H](CC(=O)c2ccccc2)c2ccccc2)c1[N+](=O)[O-]. The molecular weight excluding hydrogens is 332 g/mol. The van der Waals surface area contributed by atoms with Crippen molar-refractivity contribution < 1.29 is 14.2 Å². The zero-order valence-electron chi connectivity index (χ0n) is 14.3. The molecule has 0 bridgehead atoms. The van der Waals surface area contributed by atoms with Gasteiger partial charge in [-0.1, -0.05) is 65.8 Å². The van der Waals surface area contributed by atoms with Crippen LogP contribution in [0.15, 0.2) is 65.2 Å². The molecule has 3 aromatic rings. The highest BCUT2D eigenvalue weighted by atomic mass is 16.6. The quantitative estimate of drug-likeness (QED) is 0.356. The highest BCUT2D eigenvalue weighted by Gasteiger charge is 2.28. The molecule has 0 aliphatic carbocycles. The van der Waals surface area contributed by atoms with Crippen molar-refractivity contribution in [2.24, 2.45) is 0 Å². The summed E-state index contributed by atoms with van der Waals surface area (Å²) in [5.74, 6) is -0.0597. The summed E-state index contributed by atoms with van der Waals surface area (Å²) in [6.45, 7) is 1.54. The summed E-state index contributed by atoms with van der Waals surface area (Å²) in [5.41, 5.74) is 1.68. The Morgan fingerprint density at radius 3 is 2.35 bits per heavy atom. The van der Waals surface area contributed by atoms with Crippen molar-refractivity contribution in [3.8, 4) is 0 Å². The molecule has 0 aliphatic heterocycles. The van der Waals surface area contributed by atoms with Gasteiger partial charge in [0.1, 0.15) is 0 Å². The molecule has 0 aliphatic rings. The molecule has 26 heavy (non-hydrogen) atoms. The Morgan fingerprint density at radius 1 is 1.12 bits per heavy atom. The summed E-state index contributed by atoms with van der Waals surface area (Å²) in [6.07, 6.45) is 0.463. The molecule has 2 aromatic carbocycles. The second kappa shape index (κ2) is 7.74. The summed E-state index contributed by atoms with van der Waals surface area (Å²) < 4.78 is 5.19. The van der Waals surface area contributed by atoms with E-state index in [0.717, 1.165) is 5.56 Å². The van der Waals surface area contributed by atoms with Crippen molar-refractivity contribution in [2.75, 3.05) is 0 Å². The van der Waals surface area contributed by atoms with Gasteiger partial charge in [-0.25, -0.2) is 0 Å². The number of rotatable bonds is 7. The van der Waals surface area contributed by atoms with E-state index in [0.29, 0.717) is 5.56 Å². The Bertz CT molecular complexity index is 904. The first kappa shape index (κ1) is 17.5. The number of hydrogen-bond acceptors (Lipinski definition) is 5. The normalized spacial score (nSPS) is 11.9. The number of carbonyl (C=O) groups excluding carboxylic acids is 1. The van der Waals surface area contributed by atoms with Gasteiger partial charge in [0.05, 0.1) is 4.92 Å². The van der Waals surface area contributed by atoms with E-state index in [4.69, 9.17) is 4.52 Å². The number of aromatic nitrogens is 1. The standard InChI is InChI=1S/C20H18N2O4/c1-14-20(22(24)25)19(26-21-14)13-17(15-8-4-2-5-9-15)12-18(23)16-10-6-3-7-11-16/h2-11,17H,12-13H2,1H3/t17-/m1/s1. The van der Waals surface area contributed by atoms with E-state index in [-0.39, 0.29) is 41.7 Å². The third-order valence-corrected chi connectivity index (χ3v) is 4.31. The van der Waals surface area contributed by atoms with Gasteiger partial charge in [-0.05, 0) is 18.4 Å². The smallest absolute Gasteiger partial charge is 0.334 e. The number of nitrogens with zero attached hydrogens (tertiary/aromatic N) is 2. The van der Waals surface area contributed by atoms with Crippen molar-refractivity contribution in [1.82, 2.24) is 5.16 Å². The van der Waals surface area contributed by atoms with Crippen molar-refractivity contribution >= 4 is 11.5 Å². The highest BCUT2D eigenvalue weighted by Crippen LogP contribution is 2.31. The lowest BCUT2D eigenvalue weighted by Gasteiger charge is -2.15. The second-order valence-electron chi connectivity index (χ2n) is 6.10. The van der Waals surface area contributed by atoms with E-state index in [9.17, 15) is 14.9 Å². The van der Waals surface area contributed by atoms with Crippen LogP contribution in [0.25, 0.3) is 0 Å². The molecule has 0 spiro atoms. The Kier molecular flexibility index (Phi) is 5.22. The van der Waals surface area contributed by atoms with E-state index in [1.165, 1.54) is 6.92 Å². The van der Waals surface area contributed by atoms with Gasteiger partial charge in [-0.3, -0.25) is 14.9 Å². The maximum absolute atomic E-state index is 12.7. The van der Waals surface area contributed by atoms with Crippen LogP contribution in [0.2, 0.25) is 0 Å². The average Bonchev–Trinajstić information content (AvgIpc) is 3.03. The van der Waals surface area contributed by atoms with Crippen LogP contribution in [0.3, 0.4) is 0 Å². The second-order valence-corrected chi connectivity index (χ2v) is 6.10. The molecule has 132 valence electrons. The van der Waals surface area contributed by atoms with Gasteiger partial charge in [0.2, 0.25) is 5.76 Å². The molecule has 0 unspecified atom stereocenters. The predicted octanol–water partition coefficient (Wildman–Crippen LogP) is 4.49. The number of carbonyl (C=O) groups is 1. The van der Waals surface area contributed by atoms with E-state index >= 15 is 0 Å². The van der Waals surface area contributed by atoms with Gasteiger partial charge in [-0.2, -0.15) is 0 Å². The largest absolute Gasteiger partial charge is 0.354 e. The lowest BCUT2D eigenvalue weighted by Crippen LogP contribution is -2.11. The first-order chi connectivity index (χ1) is 12.6. The fourth-order valence-electron chi connectivity index (χ4n) is 3.00. The monoisotopic (exact) mass is 350 g/mol. The number of ketones is 1. The molecule has 1 heterocycles. The minimum atomic E-state index is -0.484. The molecule has 0 N–H and O–H groups in total. The Labute approximate surface area is 150 Å².